The van der Waals surface area contributed by atoms with Crippen molar-refractivity contribution in [3.8, 4) is 5.75 Å². The molecule has 1 amide bonds. The molecule has 0 saturated heterocycles. The standard InChI is InChI=1S/C21H24N2O5/c1-14(23-20(26)28-21(2,3)4)22-17-10-8-16(9-11-17)19(25)27-18-7-5-6-15(12-18)13-24/h5-12,24H,13H2,1-4H3,(H,22,23,26). The molecular formula is C21H24N2O5. The molecule has 0 spiro atoms. The number of aliphatic hydroxyl groups is 1. The fourth-order valence-electron chi connectivity index (χ4n) is 2.22. The Balaban J connectivity index is 2.00. The number of hydrogen-bond acceptors (Lipinski definition) is 6. The molecule has 148 valence electrons. The normalized spacial score (nSPS) is 11.7. The van der Waals surface area contributed by atoms with Gasteiger partial charge in [-0.05, 0) is 69.7 Å². The molecule has 2 rings (SSSR count). The van der Waals surface area contributed by atoms with E-state index in [1.807, 2.05) is 0 Å². The maximum absolute atomic E-state index is 12.2. The van der Waals surface area contributed by atoms with E-state index in [9.17, 15) is 9.59 Å². The number of nitrogens with zero attached hydrogens (tertiary/aromatic N) is 1. The summed E-state index contributed by atoms with van der Waals surface area (Å²) in [6.45, 7) is 6.83. The summed E-state index contributed by atoms with van der Waals surface area (Å²) in [5.74, 6) is 0.204. The van der Waals surface area contributed by atoms with E-state index in [0.29, 0.717) is 28.4 Å². The minimum absolute atomic E-state index is 0.130. The first-order chi connectivity index (χ1) is 13.2. The number of nitrogens with one attached hydrogen (secondary N) is 1. The highest BCUT2D eigenvalue weighted by molar-refractivity contribution is 5.95. The number of carbonyl (C=O) groups excluding carboxylic acids is 2. The number of rotatable bonds is 4. The quantitative estimate of drug-likeness (QED) is 0.360. The minimum atomic E-state index is -0.594. The van der Waals surface area contributed by atoms with Crippen LogP contribution in [0.25, 0.3) is 0 Å². The van der Waals surface area contributed by atoms with Crippen molar-refractivity contribution < 1.29 is 24.2 Å². The number of benzene rings is 2. The lowest BCUT2D eigenvalue weighted by atomic mass is 10.2. The first kappa shape index (κ1) is 21.1. The summed E-state index contributed by atoms with van der Waals surface area (Å²) < 4.78 is 10.5. The second-order valence-corrected chi connectivity index (χ2v) is 7.07. The summed E-state index contributed by atoms with van der Waals surface area (Å²) >= 11 is 0. The van der Waals surface area contributed by atoms with Gasteiger partial charge in [0.25, 0.3) is 0 Å². The lowest BCUT2D eigenvalue weighted by Gasteiger charge is -2.19. The number of esters is 1. The van der Waals surface area contributed by atoms with Gasteiger partial charge in [0.2, 0.25) is 0 Å². The molecule has 0 radical (unpaired) electrons. The fraction of sp³-hybridized carbons (Fsp3) is 0.286. The van der Waals surface area contributed by atoms with Crippen molar-refractivity contribution in [1.82, 2.24) is 5.32 Å². The molecular weight excluding hydrogens is 360 g/mol. The third kappa shape index (κ3) is 6.85. The molecule has 2 aromatic rings. The molecule has 0 saturated carbocycles. The van der Waals surface area contributed by atoms with Gasteiger partial charge < -0.3 is 14.6 Å². The smallest absolute Gasteiger partial charge is 0.413 e. The van der Waals surface area contributed by atoms with E-state index in [-0.39, 0.29) is 6.61 Å². The molecule has 0 atom stereocenters. The van der Waals surface area contributed by atoms with Gasteiger partial charge in [0.05, 0.1) is 17.9 Å². The molecule has 7 heteroatoms. The third-order valence-corrected chi connectivity index (χ3v) is 3.37. The Morgan fingerprint density at radius 1 is 1.11 bits per heavy atom. The zero-order valence-corrected chi connectivity index (χ0v) is 16.4. The van der Waals surface area contributed by atoms with Gasteiger partial charge in [0, 0.05) is 0 Å². The molecule has 0 aliphatic heterocycles. The van der Waals surface area contributed by atoms with Crippen LogP contribution in [-0.4, -0.2) is 28.6 Å². The molecule has 28 heavy (non-hydrogen) atoms. The molecule has 0 heterocycles. The van der Waals surface area contributed by atoms with Gasteiger partial charge in [0.15, 0.2) is 0 Å². The summed E-state index contributed by atoms with van der Waals surface area (Å²) in [6, 6.07) is 13.1. The van der Waals surface area contributed by atoms with Gasteiger partial charge in [-0.3, -0.25) is 5.32 Å². The van der Waals surface area contributed by atoms with Crippen LogP contribution < -0.4 is 10.1 Å². The Bertz CT molecular complexity index is 867. The number of ether oxygens (including phenoxy) is 2. The highest BCUT2D eigenvalue weighted by Crippen LogP contribution is 2.18. The van der Waals surface area contributed by atoms with Crippen LogP contribution in [0.15, 0.2) is 53.5 Å². The third-order valence-electron chi connectivity index (χ3n) is 3.37. The number of amidine groups is 1. The number of aliphatic hydroxyl groups excluding tert-OH is 1. The van der Waals surface area contributed by atoms with E-state index in [2.05, 4.69) is 10.3 Å². The van der Waals surface area contributed by atoms with Gasteiger partial charge >= 0.3 is 12.1 Å². The zero-order chi connectivity index (χ0) is 20.7. The van der Waals surface area contributed by atoms with Gasteiger partial charge in [0.1, 0.15) is 17.2 Å². The lowest BCUT2D eigenvalue weighted by Crippen LogP contribution is -2.35. The Morgan fingerprint density at radius 3 is 2.39 bits per heavy atom. The maximum Gasteiger partial charge on any atom is 0.413 e. The lowest BCUT2D eigenvalue weighted by molar-refractivity contribution is 0.0562. The maximum atomic E-state index is 12.2. The highest BCUT2D eigenvalue weighted by atomic mass is 16.6. The van der Waals surface area contributed by atoms with Crippen molar-refractivity contribution in [3.05, 3.63) is 59.7 Å². The topological polar surface area (TPSA) is 97.2 Å². The summed E-state index contributed by atoms with van der Waals surface area (Å²) in [4.78, 5) is 28.2. The average molecular weight is 384 g/mol. The van der Waals surface area contributed by atoms with Crippen molar-refractivity contribution in [3.63, 3.8) is 0 Å². The van der Waals surface area contributed by atoms with Crippen LogP contribution in [0.3, 0.4) is 0 Å². The molecule has 0 aliphatic carbocycles. The monoisotopic (exact) mass is 384 g/mol. The van der Waals surface area contributed by atoms with Gasteiger partial charge in [-0.2, -0.15) is 0 Å². The molecule has 0 aliphatic rings. The van der Waals surface area contributed by atoms with Crippen LogP contribution >= 0.6 is 0 Å². The van der Waals surface area contributed by atoms with Crippen LogP contribution in [0.4, 0.5) is 10.5 Å². The van der Waals surface area contributed by atoms with E-state index >= 15 is 0 Å². The van der Waals surface area contributed by atoms with Crippen LogP contribution in [0.5, 0.6) is 5.75 Å². The van der Waals surface area contributed by atoms with E-state index in [0.717, 1.165) is 0 Å². The molecule has 7 nitrogen and oxygen atoms in total. The molecule has 0 aromatic heterocycles. The summed E-state index contributed by atoms with van der Waals surface area (Å²) in [5.41, 5.74) is 0.977. The Kier molecular flexibility index (Phi) is 6.89. The second kappa shape index (κ2) is 9.14. The largest absolute Gasteiger partial charge is 0.444 e. The van der Waals surface area contributed by atoms with Gasteiger partial charge in [-0.1, -0.05) is 12.1 Å². The average Bonchev–Trinajstić information content (AvgIpc) is 2.60. The molecule has 2 aromatic carbocycles. The van der Waals surface area contributed by atoms with E-state index in [4.69, 9.17) is 14.6 Å². The van der Waals surface area contributed by atoms with Gasteiger partial charge in [-0.25, -0.2) is 14.6 Å². The van der Waals surface area contributed by atoms with Crippen molar-refractivity contribution in [2.24, 2.45) is 4.99 Å². The zero-order valence-electron chi connectivity index (χ0n) is 16.4. The Hall–Kier alpha value is -3.19. The van der Waals surface area contributed by atoms with E-state index in [1.54, 1.807) is 76.2 Å². The minimum Gasteiger partial charge on any atom is -0.444 e. The molecule has 0 unspecified atom stereocenters. The molecule has 2 N–H and O–H groups in total. The first-order valence-corrected chi connectivity index (χ1v) is 8.73. The summed E-state index contributed by atoms with van der Waals surface area (Å²) in [7, 11) is 0. The number of alkyl carbamates (subject to hydrolysis) is 1. The van der Waals surface area contributed by atoms with E-state index in [1.165, 1.54) is 0 Å². The number of hydrogen-bond donors (Lipinski definition) is 2. The van der Waals surface area contributed by atoms with Crippen molar-refractivity contribution in [1.29, 1.82) is 0 Å². The van der Waals surface area contributed by atoms with Crippen LogP contribution in [0.1, 0.15) is 43.6 Å². The van der Waals surface area contributed by atoms with Gasteiger partial charge in [-0.15, -0.1) is 0 Å². The number of amides is 1. The highest BCUT2D eigenvalue weighted by Gasteiger charge is 2.16. The van der Waals surface area contributed by atoms with Crippen molar-refractivity contribution in [2.75, 3.05) is 0 Å². The van der Waals surface area contributed by atoms with Crippen LogP contribution in [0, 0.1) is 0 Å². The second-order valence-electron chi connectivity index (χ2n) is 7.07. The Labute approximate surface area is 164 Å². The fourth-order valence-corrected chi connectivity index (χ4v) is 2.22. The van der Waals surface area contributed by atoms with E-state index < -0.39 is 17.7 Å². The predicted octanol–water partition coefficient (Wildman–Crippen LogP) is 3.97. The SMILES string of the molecule is CC(=Nc1ccc(C(=O)Oc2cccc(CO)c2)cc1)NC(=O)OC(C)(C)C. The molecule has 0 bridgehead atoms. The summed E-state index contributed by atoms with van der Waals surface area (Å²) in [6.07, 6.45) is -0.584. The van der Waals surface area contributed by atoms with Crippen molar-refractivity contribution in [2.45, 2.75) is 39.9 Å². The summed E-state index contributed by atoms with van der Waals surface area (Å²) in [5, 5.41) is 11.7. The first-order valence-electron chi connectivity index (χ1n) is 8.73. The van der Waals surface area contributed by atoms with Crippen LogP contribution in [-0.2, 0) is 11.3 Å². The van der Waals surface area contributed by atoms with Crippen molar-refractivity contribution >= 4 is 23.6 Å². The number of carbonyl (C=O) groups is 2. The Morgan fingerprint density at radius 2 is 1.79 bits per heavy atom. The predicted molar refractivity (Wildman–Crippen MR) is 106 cm³/mol. The number of aliphatic imine (C=N–C) groups is 1. The molecule has 0 fully saturated rings. The van der Waals surface area contributed by atoms with Crippen LogP contribution in [0.2, 0.25) is 0 Å².